The van der Waals surface area contributed by atoms with Crippen LogP contribution in [0, 0.1) is 10.1 Å². The van der Waals surface area contributed by atoms with Crippen LogP contribution >= 0.6 is 0 Å². The van der Waals surface area contributed by atoms with Crippen molar-refractivity contribution < 1.29 is 10.0 Å². The highest BCUT2D eigenvalue weighted by Gasteiger charge is 2.25. The summed E-state index contributed by atoms with van der Waals surface area (Å²) in [6.07, 6.45) is 2.89. The summed E-state index contributed by atoms with van der Waals surface area (Å²) in [6, 6.07) is 5.14. The van der Waals surface area contributed by atoms with E-state index in [0.717, 1.165) is 43.7 Å². The van der Waals surface area contributed by atoms with E-state index >= 15 is 0 Å². The Kier molecular flexibility index (Phi) is 4.79. The number of hydrogen-bond donors (Lipinski definition) is 2. The average Bonchev–Trinajstić information content (AvgIpc) is 2.93. The number of nitrogens with zero attached hydrogens (tertiary/aromatic N) is 2. The lowest BCUT2D eigenvalue weighted by Crippen LogP contribution is -2.32. The van der Waals surface area contributed by atoms with Crippen LogP contribution < -0.4 is 10.2 Å². The Morgan fingerprint density at radius 2 is 2.30 bits per heavy atom. The molecule has 1 fully saturated rings. The molecule has 1 unspecified atom stereocenters. The molecular weight excluding hydrogens is 258 g/mol. The molecule has 1 aliphatic rings. The van der Waals surface area contributed by atoms with Crippen LogP contribution in [0.2, 0.25) is 0 Å². The maximum atomic E-state index is 11.1. The summed E-state index contributed by atoms with van der Waals surface area (Å²) >= 11 is 0. The molecule has 0 saturated carbocycles. The molecule has 1 atom stereocenters. The average molecular weight is 279 g/mol. The van der Waals surface area contributed by atoms with E-state index in [2.05, 4.69) is 10.2 Å². The van der Waals surface area contributed by atoms with Gasteiger partial charge in [0.2, 0.25) is 0 Å². The smallest absolute Gasteiger partial charge is 0.273 e. The topological polar surface area (TPSA) is 78.6 Å². The second-order valence-corrected chi connectivity index (χ2v) is 5.09. The van der Waals surface area contributed by atoms with E-state index in [1.54, 1.807) is 12.1 Å². The molecule has 1 saturated heterocycles. The molecule has 1 aromatic carbocycles. The lowest BCUT2D eigenvalue weighted by molar-refractivity contribution is -0.384. The first kappa shape index (κ1) is 14.6. The maximum Gasteiger partial charge on any atom is 0.273 e. The fraction of sp³-hybridized carbons (Fsp3) is 0.571. The Morgan fingerprint density at radius 3 is 2.95 bits per heavy atom. The number of nitrogens with one attached hydrogen (secondary N) is 1. The zero-order valence-corrected chi connectivity index (χ0v) is 11.7. The maximum absolute atomic E-state index is 11.1. The number of nitro groups is 1. The molecule has 2 N–H and O–H groups in total. The minimum Gasteiger partial charge on any atom is -0.394 e. The molecule has 0 aliphatic carbocycles. The molecule has 2 rings (SSSR count). The molecule has 20 heavy (non-hydrogen) atoms. The molecule has 110 valence electrons. The van der Waals surface area contributed by atoms with Gasteiger partial charge in [-0.3, -0.25) is 10.1 Å². The van der Waals surface area contributed by atoms with Crippen LogP contribution in [0.15, 0.2) is 18.2 Å². The fourth-order valence-electron chi connectivity index (χ4n) is 2.60. The van der Waals surface area contributed by atoms with E-state index in [4.69, 9.17) is 0 Å². The summed E-state index contributed by atoms with van der Waals surface area (Å²) in [7, 11) is 0. The number of aliphatic hydroxyl groups is 1. The summed E-state index contributed by atoms with van der Waals surface area (Å²) in [5.74, 6) is 0. The third-order valence-corrected chi connectivity index (χ3v) is 3.61. The van der Waals surface area contributed by atoms with Crippen LogP contribution in [-0.2, 0) is 0 Å². The molecule has 0 spiro atoms. The van der Waals surface area contributed by atoms with Crippen LogP contribution in [0.1, 0.15) is 26.2 Å². The van der Waals surface area contributed by atoms with Gasteiger partial charge < -0.3 is 15.3 Å². The molecule has 1 aliphatic heterocycles. The lowest BCUT2D eigenvalue weighted by atomic mass is 10.2. The fourth-order valence-corrected chi connectivity index (χ4v) is 2.60. The Morgan fingerprint density at radius 1 is 1.50 bits per heavy atom. The van der Waals surface area contributed by atoms with Gasteiger partial charge in [-0.2, -0.15) is 0 Å². The summed E-state index contributed by atoms with van der Waals surface area (Å²) in [6.45, 7) is 3.75. The van der Waals surface area contributed by atoms with Crippen LogP contribution in [0.4, 0.5) is 17.1 Å². The number of benzene rings is 1. The van der Waals surface area contributed by atoms with Gasteiger partial charge >= 0.3 is 0 Å². The second-order valence-electron chi connectivity index (χ2n) is 5.09. The van der Waals surface area contributed by atoms with E-state index < -0.39 is 0 Å². The van der Waals surface area contributed by atoms with Crippen molar-refractivity contribution in [2.75, 3.05) is 29.9 Å². The van der Waals surface area contributed by atoms with E-state index in [1.165, 1.54) is 0 Å². The van der Waals surface area contributed by atoms with Crippen molar-refractivity contribution in [1.29, 1.82) is 0 Å². The van der Waals surface area contributed by atoms with E-state index in [9.17, 15) is 15.2 Å². The highest BCUT2D eigenvalue weighted by atomic mass is 16.6. The summed E-state index contributed by atoms with van der Waals surface area (Å²) in [5, 5.41) is 23.6. The highest BCUT2D eigenvalue weighted by Crippen LogP contribution is 2.31. The number of nitro benzene ring substituents is 1. The molecule has 1 heterocycles. The van der Waals surface area contributed by atoms with Gasteiger partial charge in [-0.05, 0) is 25.3 Å². The zero-order chi connectivity index (χ0) is 14.5. The van der Waals surface area contributed by atoms with Crippen molar-refractivity contribution in [3.8, 4) is 0 Å². The normalized spacial score (nSPS) is 18.3. The van der Waals surface area contributed by atoms with E-state index in [1.807, 2.05) is 13.0 Å². The molecule has 0 radical (unpaired) electrons. The first-order valence-electron chi connectivity index (χ1n) is 7.06. The van der Waals surface area contributed by atoms with Crippen LogP contribution in [0.5, 0.6) is 0 Å². The Bertz CT molecular complexity index is 479. The third kappa shape index (κ3) is 3.19. The van der Waals surface area contributed by atoms with Gasteiger partial charge in [0.25, 0.3) is 5.69 Å². The Hall–Kier alpha value is -1.82. The van der Waals surface area contributed by atoms with Gasteiger partial charge in [-0.25, -0.2) is 0 Å². The lowest BCUT2D eigenvalue weighted by Gasteiger charge is -2.25. The number of anilines is 2. The second kappa shape index (κ2) is 6.56. The van der Waals surface area contributed by atoms with Crippen molar-refractivity contribution in [1.82, 2.24) is 0 Å². The van der Waals surface area contributed by atoms with Crippen molar-refractivity contribution in [2.45, 2.75) is 32.2 Å². The highest BCUT2D eigenvalue weighted by molar-refractivity contribution is 5.65. The van der Waals surface area contributed by atoms with Crippen LogP contribution in [0.25, 0.3) is 0 Å². The van der Waals surface area contributed by atoms with Gasteiger partial charge in [0.15, 0.2) is 0 Å². The molecule has 0 bridgehead atoms. The zero-order valence-electron chi connectivity index (χ0n) is 11.7. The summed E-state index contributed by atoms with van der Waals surface area (Å²) in [5.41, 5.74) is 1.67. The van der Waals surface area contributed by atoms with E-state index in [0.29, 0.717) is 0 Å². The third-order valence-electron chi connectivity index (χ3n) is 3.61. The van der Waals surface area contributed by atoms with Crippen molar-refractivity contribution in [2.24, 2.45) is 0 Å². The quantitative estimate of drug-likeness (QED) is 0.617. The number of non-ortho nitro benzene ring substituents is 1. The van der Waals surface area contributed by atoms with Gasteiger partial charge in [0.1, 0.15) is 0 Å². The minimum absolute atomic E-state index is 0.0658. The first-order chi connectivity index (χ1) is 9.65. The summed E-state index contributed by atoms with van der Waals surface area (Å²) in [4.78, 5) is 12.7. The minimum atomic E-state index is -0.370. The number of rotatable bonds is 6. The van der Waals surface area contributed by atoms with Gasteiger partial charge in [-0.15, -0.1) is 0 Å². The van der Waals surface area contributed by atoms with Crippen molar-refractivity contribution >= 4 is 17.1 Å². The molecule has 6 nitrogen and oxygen atoms in total. The van der Waals surface area contributed by atoms with Crippen molar-refractivity contribution in [3.63, 3.8) is 0 Å². The largest absolute Gasteiger partial charge is 0.394 e. The SMILES string of the molecule is CCCNc1cc(N2CCCC2CO)cc([N+](=O)[O-])c1. The molecular formula is C14H21N3O3. The summed E-state index contributed by atoms with van der Waals surface area (Å²) < 4.78 is 0. The number of hydrogen-bond acceptors (Lipinski definition) is 5. The van der Waals surface area contributed by atoms with Gasteiger partial charge in [0.05, 0.1) is 17.6 Å². The van der Waals surface area contributed by atoms with Gasteiger partial charge in [0, 0.05) is 36.6 Å². The first-order valence-corrected chi connectivity index (χ1v) is 7.06. The van der Waals surface area contributed by atoms with Crippen LogP contribution in [0.3, 0.4) is 0 Å². The predicted molar refractivity (Wildman–Crippen MR) is 79.3 cm³/mol. The standard InChI is InChI=1S/C14H21N3O3/c1-2-5-15-11-7-13(9-14(8-11)17(19)20)16-6-3-4-12(16)10-18/h7-9,12,15,18H,2-6,10H2,1H3. The monoisotopic (exact) mass is 279 g/mol. The Balaban J connectivity index is 2.30. The van der Waals surface area contributed by atoms with Crippen molar-refractivity contribution in [3.05, 3.63) is 28.3 Å². The predicted octanol–water partition coefficient (Wildman–Crippen LogP) is 2.38. The molecule has 1 aromatic rings. The molecule has 6 heteroatoms. The number of aliphatic hydroxyl groups excluding tert-OH is 1. The Labute approximate surface area is 118 Å². The van der Waals surface area contributed by atoms with Crippen LogP contribution in [-0.4, -0.2) is 35.8 Å². The molecule has 0 aromatic heterocycles. The molecule has 0 amide bonds. The van der Waals surface area contributed by atoms with E-state index in [-0.39, 0.29) is 23.3 Å². The van der Waals surface area contributed by atoms with Gasteiger partial charge in [-0.1, -0.05) is 6.92 Å².